The van der Waals surface area contributed by atoms with E-state index in [1.165, 1.54) is 38.9 Å². The summed E-state index contributed by atoms with van der Waals surface area (Å²) in [6.07, 6.45) is 0. The Morgan fingerprint density at radius 1 is 0.722 bits per heavy atom. The van der Waals surface area contributed by atoms with E-state index < -0.39 is 0 Å². The van der Waals surface area contributed by atoms with Crippen LogP contribution in [0.25, 0.3) is 0 Å². The molecule has 0 radical (unpaired) electrons. The average Bonchev–Trinajstić information content (AvgIpc) is 2.75. The van der Waals surface area contributed by atoms with E-state index in [0.717, 1.165) is 0 Å². The van der Waals surface area contributed by atoms with Crippen molar-refractivity contribution in [1.82, 2.24) is 0 Å². The Bertz CT molecular complexity index is 401. The largest absolute Gasteiger partial charge is 0.731 e. The zero-order chi connectivity index (χ0) is 13.2. The molecule has 0 fully saturated rings. The molecule has 0 atom stereocenters. The van der Waals surface area contributed by atoms with Crippen LogP contribution in [0.15, 0.2) is 18.2 Å². The molecule has 0 aromatic heterocycles. The van der Waals surface area contributed by atoms with Crippen molar-refractivity contribution in [2.24, 2.45) is 0 Å². The van der Waals surface area contributed by atoms with Crippen molar-refractivity contribution in [1.29, 1.82) is 0 Å². The van der Waals surface area contributed by atoms with Gasteiger partial charge in [0.1, 0.15) is 0 Å². The third-order valence-corrected chi connectivity index (χ3v) is 4.13. The first-order chi connectivity index (χ1) is 7.86. The molecule has 0 amide bonds. The van der Waals surface area contributed by atoms with Crippen molar-refractivity contribution in [3.63, 3.8) is 0 Å². The van der Waals surface area contributed by atoms with Crippen molar-refractivity contribution < 1.29 is 17.1 Å². The average molecular weight is 284 g/mol. The number of hydrogen-bond acceptors (Lipinski definition) is 0. The monoisotopic (exact) mass is 284 g/mol. The maximum Gasteiger partial charge on any atom is 0 e. The van der Waals surface area contributed by atoms with E-state index in [2.05, 4.69) is 66.7 Å². The molecule has 0 spiro atoms. The Morgan fingerprint density at radius 2 is 1.06 bits per heavy atom. The predicted octanol–water partition coefficient (Wildman–Crippen LogP) is 4.97. The van der Waals surface area contributed by atoms with Crippen LogP contribution in [0.1, 0.15) is 38.9 Å². The van der Waals surface area contributed by atoms with Gasteiger partial charge in [-0.1, -0.05) is 13.8 Å². The maximum atomic E-state index is 2.20. The molecule has 0 saturated carbocycles. The molecule has 0 aliphatic carbocycles. The van der Waals surface area contributed by atoms with Gasteiger partial charge < -0.3 is 27.8 Å². The molecule has 0 saturated heterocycles. The molecule has 1 heteroatoms. The smallest absolute Gasteiger partial charge is 0 e. The van der Waals surface area contributed by atoms with E-state index in [9.17, 15) is 0 Å². The molecule has 0 unspecified atom stereocenters. The van der Waals surface area contributed by atoms with Crippen molar-refractivity contribution in [2.75, 3.05) is 0 Å². The van der Waals surface area contributed by atoms with E-state index in [1.807, 2.05) is 0 Å². The first kappa shape index (κ1) is 17.2. The Balaban J connectivity index is 0.000000321. The van der Waals surface area contributed by atoms with Gasteiger partial charge in [-0.05, 0) is 0 Å². The third-order valence-electron chi connectivity index (χ3n) is 4.13. The zero-order valence-corrected chi connectivity index (χ0v) is 13.7. The Labute approximate surface area is 123 Å². The van der Waals surface area contributed by atoms with Gasteiger partial charge in [-0.2, -0.15) is 17.2 Å². The molecule has 2 rings (SSSR count). The SMILES string of the molecule is C[c-]1[c-](C)[c-](C)[c-](C)[c-]1C.Cc1ccc[c-]1C.[Fe]. The topological polar surface area (TPSA) is 0 Å². The quantitative estimate of drug-likeness (QED) is 0.473. The summed E-state index contributed by atoms with van der Waals surface area (Å²) in [6.45, 7) is 15.2. The Kier molecular flexibility index (Phi) is 6.67. The summed E-state index contributed by atoms with van der Waals surface area (Å²) < 4.78 is 0. The Hall–Kier alpha value is -0.781. The van der Waals surface area contributed by atoms with Gasteiger partial charge in [0.25, 0.3) is 0 Å². The van der Waals surface area contributed by atoms with E-state index >= 15 is 0 Å². The minimum atomic E-state index is 0. The van der Waals surface area contributed by atoms with Crippen LogP contribution >= 0.6 is 0 Å². The summed E-state index contributed by atoms with van der Waals surface area (Å²) in [5.74, 6) is 0. The standard InChI is InChI=1S/C10H15.C7H9.Fe/c1-6-7(2)9(4)10(5)8(6)3;1-6-4-3-5-7(6)2;/h1-5H3;3-5H,1-2H3;/q-5;-1;. The molecule has 0 aliphatic heterocycles. The summed E-state index contributed by atoms with van der Waals surface area (Å²) in [4.78, 5) is 0. The van der Waals surface area contributed by atoms with E-state index in [4.69, 9.17) is 0 Å². The van der Waals surface area contributed by atoms with Crippen LogP contribution in [0.5, 0.6) is 0 Å². The van der Waals surface area contributed by atoms with Gasteiger partial charge in [0, 0.05) is 17.1 Å². The molecular formula is C17H24Fe-6. The molecule has 0 heterocycles. The Morgan fingerprint density at radius 3 is 1.17 bits per heavy atom. The van der Waals surface area contributed by atoms with Gasteiger partial charge >= 0.3 is 0 Å². The van der Waals surface area contributed by atoms with Crippen LogP contribution in [-0.2, 0) is 17.1 Å². The number of rotatable bonds is 0. The van der Waals surface area contributed by atoms with Gasteiger partial charge in [-0.3, -0.25) is 0 Å². The van der Waals surface area contributed by atoms with E-state index in [0.29, 0.717) is 0 Å². The normalized spacial score (nSPS) is 9.50. The van der Waals surface area contributed by atoms with E-state index in [-0.39, 0.29) is 17.1 Å². The predicted molar refractivity (Wildman–Crippen MR) is 77.2 cm³/mol. The molecule has 0 N–H and O–H groups in total. The van der Waals surface area contributed by atoms with Crippen molar-refractivity contribution in [3.05, 3.63) is 57.1 Å². The summed E-state index contributed by atoms with van der Waals surface area (Å²) >= 11 is 0. The second-order valence-corrected chi connectivity index (χ2v) is 5.02. The number of hydrogen-bond donors (Lipinski definition) is 0. The van der Waals surface area contributed by atoms with Gasteiger partial charge in [0.2, 0.25) is 0 Å². The maximum absolute atomic E-state index is 2.20. The van der Waals surface area contributed by atoms with Crippen molar-refractivity contribution in [3.8, 4) is 0 Å². The molecule has 2 aromatic rings. The molecule has 0 bridgehead atoms. The second-order valence-electron chi connectivity index (χ2n) is 5.02. The minimum Gasteiger partial charge on any atom is -0.731 e. The molecule has 18 heavy (non-hydrogen) atoms. The van der Waals surface area contributed by atoms with Crippen LogP contribution in [0.4, 0.5) is 0 Å². The fraction of sp³-hybridized carbons (Fsp3) is 0.412. The molecular weight excluding hydrogens is 260 g/mol. The summed E-state index contributed by atoms with van der Waals surface area (Å²) in [5.41, 5.74) is 10.1. The third kappa shape index (κ3) is 3.60. The molecule has 0 nitrogen and oxygen atoms in total. The number of aryl methyl sites for hydroxylation is 2. The van der Waals surface area contributed by atoms with Crippen molar-refractivity contribution in [2.45, 2.75) is 48.5 Å². The first-order valence-corrected chi connectivity index (χ1v) is 6.24. The van der Waals surface area contributed by atoms with Gasteiger partial charge in [0.15, 0.2) is 0 Å². The fourth-order valence-electron chi connectivity index (χ4n) is 2.01. The fourth-order valence-corrected chi connectivity index (χ4v) is 2.01. The van der Waals surface area contributed by atoms with E-state index in [1.54, 1.807) is 0 Å². The molecule has 106 valence electrons. The summed E-state index contributed by atoms with van der Waals surface area (Å²) in [5, 5.41) is 0. The summed E-state index contributed by atoms with van der Waals surface area (Å²) in [6, 6.07) is 6.31. The zero-order valence-electron chi connectivity index (χ0n) is 12.6. The van der Waals surface area contributed by atoms with Gasteiger partial charge in [0.05, 0.1) is 0 Å². The van der Waals surface area contributed by atoms with Crippen LogP contribution in [0.2, 0.25) is 0 Å². The minimum absolute atomic E-state index is 0. The molecule has 0 aliphatic rings. The molecule has 2 aromatic carbocycles. The van der Waals surface area contributed by atoms with Crippen LogP contribution in [0, 0.1) is 48.5 Å². The van der Waals surface area contributed by atoms with Crippen LogP contribution in [-0.4, -0.2) is 0 Å². The second kappa shape index (κ2) is 6.97. The van der Waals surface area contributed by atoms with Gasteiger partial charge in [-0.15, -0.1) is 0 Å². The van der Waals surface area contributed by atoms with Crippen LogP contribution < -0.4 is 0 Å². The summed E-state index contributed by atoms with van der Waals surface area (Å²) in [7, 11) is 0. The van der Waals surface area contributed by atoms with Gasteiger partial charge in [-0.25, -0.2) is 46.8 Å². The van der Waals surface area contributed by atoms with Crippen LogP contribution in [0.3, 0.4) is 0 Å². The van der Waals surface area contributed by atoms with Crippen molar-refractivity contribution >= 4 is 0 Å². The first-order valence-electron chi connectivity index (χ1n) is 6.24.